The van der Waals surface area contributed by atoms with Crippen LogP contribution in [0.25, 0.3) is 16.8 Å². The summed E-state index contributed by atoms with van der Waals surface area (Å²) >= 11 is 0. The standard InChI is InChI=1S/C25H29N3O5/c1-16(2)14-26-24(29)17(3)33-25(30)23-20(15-28(27-23)19-9-7-6-8-10-19)18-11-12-21(31-4)22(13-18)32-5/h6-13,15-17H,14H2,1-5H3,(H,26,29). The second-order valence-electron chi connectivity index (χ2n) is 7.93. The van der Waals surface area contributed by atoms with Crippen molar-refractivity contribution in [2.45, 2.75) is 26.9 Å². The lowest BCUT2D eigenvalue weighted by atomic mass is 10.1. The van der Waals surface area contributed by atoms with Gasteiger partial charge in [-0.05, 0) is 42.7 Å². The zero-order valence-electron chi connectivity index (χ0n) is 19.5. The number of aromatic nitrogens is 2. The van der Waals surface area contributed by atoms with E-state index in [4.69, 9.17) is 14.2 Å². The fraction of sp³-hybridized carbons (Fsp3) is 0.320. The largest absolute Gasteiger partial charge is 0.493 e. The summed E-state index contributed by atoms with van der Waals surface area (Å²) in [6.45, 7) is 6.02. The van der Waals surface area contributed by atoms with Crippen LogP contribution in [0.4, 0.5) is 0 Å². The van der Waals surface area contributed by atoms with Crippen LogP contribution in [0.15, 0.2) is 54.7 Å². The van der Waals surface area contributed by atoms with Crippen LogP contribution in [-0.2, 0) is 9.53 Å². The van der Waals surface area contributed by atoms with Gasteiger partial charge in [-0.15, -0.1) is 0 Å². The molecule has 0 spiro atoms. The maximum absolute atomic E-state index is 13.1. The summed E-state index contributed by atoms with van der Waals surface area (Å²) in [5.41, 5.74) is 2.11. The molecule has 8 nitrogen and oxygen atoms in total. The van der Waals surface area contributed by atoms with Crippen LogP contribution in [-0.4, -0.2) is 48.5 Å². The predicted octanol–water partition coefficient (Wildman–Crippen LogP) is 3.87. The summed E-state index contributed by atoms with van der Waals surface area (Å²) in [5, 5.41) is 7.25. The summed E-state index contributed by atoms with van der Waals surface area (Å²) in [5.74, 6) is 0.323. The minimum absolute atomic E-state index is 0.0922. The van der Waals surface area contributed by atoms with Crippen LogP contribution in [0.2, 0.25) is 0 Å². The molecule has 0 fully saturated rings. The average Bonchev–Trinajstić information content (AvgIpc) is 3.28. The van der Waals surface area contributed by atoms with Gasteiger partial charge in [-0.3, -0.25) is 4.79 Å². The Balaban J connectivity index is 1.97. The van der Waals surface area contributed by atoms with E-state index >= 15 is 0 Å². The summed E-state index contributed by atoms with van der Waals surface area (Å²) < 4.78 is 17.8. The first-order valence-electron chi connectivity index (χ1n) is 10.7. The lowest BCUT2D eigenvalue weighted by Crippen LogP contribution is -2.37. The molecule has 1 heterocycles. The summed E-state index contributed by atoms with van der Waals surface area (Å²) in [4.78, 5) is 25.4. The van der Waals surface area contributed by atoms with Gasteiger partial charge in [-0.1, -0.05) is 38.1 Å². The first-order chi connectivity index (χ1) is 15.8. The number of methoxy groups -OCH3 is 2. The molecule has 8 heteroatoms. The second-order valence-corrected chi connectivity index (χ2v) is 7.93. The third-order valence-corrected chi connectivity index (χ3v) is 4.96. The van der Waals surface area contributed by atoms with E-state index in [2.05, 4.69) is 10.4 Å². The predicted molar refractivity (Wildman–Crippen MR) is 125 cm³/mol. The summed E-state index contributed by atoms with van der Waals surface area (Å²) in [6.07, 6.45) is 0.785. The fourth-order valence-corrected chi connectivity index (χ4v) is 3.17. The number of para-hydroxylation sites is 1. The molecule has 2 aromatic carbocycles. The number of carbonyl (C=O) groups excluding carboxylic acids is 2. The van der Waals surface area contributed by atoms with Gasteiger partial charge in [0, 0.05) is 18.3 Å². The second kappa shape index (κ2) is 10.7. The molecule has 174 valence electrons. The molecule has 1 atom stereocenters. The molecule has 1 unspecified atom stereocenters. The van der Waals surface area contributed by atoms with E-state index in [0.29, 0.717) is 29.2 Å². The van der Waals surface area contributed by atoms with Crippen molar-refractivity contribution in [3.05, 3.63) is 60.4 Å². The van der Waals surface area contributed by atoms with Crippen molar-refractivity contribution in [1.29, 1.82) is 0 Å². The van der Waals surface area contributed by atoms with Crippen molar-refractivity contribution in [3.63, 3.8) is 0 Å². The Bertz CT molecular complexity index is 1110. The summed E-state index contributed by atoms with van der Waals surface area (Å²) in [7, 11) is 3.10. The Morgan fingerprint density at radius 3 is 2.33 bits per heavy atom. The molecule has 0 bridgehead atoms. The highest BCUT2D eigenvalue weighted by molar-refractivity contribution is 5.97. The van der Waals surface area contributed by atoms with Gasteiger partial charge in [0.25, 0.3) is 5.91 Å². The molecule has 3 rings (SSSR count). The molecule has 0 aliphatic carbocycles. The quantitative estimate of drug-likeness (QED) is 0.497. The van der Waals surface area contributed by atoms with Gasteiger partial charge in [-0.25, -0.2) is 9.48 Å². The molecular formula is C25H29N3O5. The summed E-state index contributed by atoms with van der Waals surface area (Å²) in [6, 6.07) is 14.7. The van der Waals surface area contributed by atoms with Crippen molar-refractivity contribution in [2.24, 2.45) is 5.92 Å². The Morgan fingerprint density at radius 2 is 1.70 bits per heavy atom. The van der Waals surface area contributed by atoms with E-state index in [0.717, 1.165) is 5.69 Å². The van der Waals surface area contributed by atoms with Gasteiger partial charge in [0.05, 0.1) is 19.9 Å². The fourth-order valence-electron chi connectivity index (χ4n) is 3.17. The maximum Gasteiger partial charge on any atom is 0.360 e. The number of carbonyl (C=O) groups is 2. The molecule has 0 radical (unpaired) electrons. The van der Waals surface area contributed by atoms with Gasteiger partial charge < -0.3 is 19.5 Å². The number of amides is 1. The van der Waals surface area contributed by atoms with Crippen LogP contribution < -0.4 is 14.8 Å². The molecule has 0 aliphatic heterocycles. The number of rotatable bonds is 9. The highest BCUT2D eigenvalue weighted by Gasteiger charge is 2.25. The molecule has 0 saturated carbocycles. The van der Waals surface area contributed by atoms with Crippen LogP contribution in [0.1, 0.15) is 31.3 Å². The van der Waals surface area contributed by atoms with Gasteiger partial charge >= 0.3 is 5.97 Å². The average molecular weight is 452 g/mol. The molecule has 1 amide bonds. The van der Waals surface area contributed by atoms with Crippen molar-refractivity contribution >= 4 is 11.9 Å². The third kappa shape index (κ3) is 5.71. The van der Waals surface area contributed by atoms with E-state index < -0.39 is 12.1 Å². The number of hydrogen-bond acceptors (Lipinski definition) is 6. The zero-order chi connectivity index (χ0) is 24.0. The first-order valence-corrected chi connectivity index (χ1v) is 10.7. The lowest BCUT2D eigenvalue weighted by molar-refractivity contribution is -0.129. The minimum Gasteiger partial charge on any atom is -0.493 e. The van der Waals surface area contributed by atoms with Gasteiger partial charge in [-0.2, -0.15) is 5.10 Å². The highest BCUT2D eigenvalue weighted by atomic mass is 16.5. The molecular weight excluding hydrogens is 422 g/mol. The van der Waals surface area contributed by atoms with E-state index in [-0.39, 0.29) is 17.5 Å². The van der Waals surface area contributed by atoms with Crippen LogP contribution in [0, 0.1) is 5.92 Å². The van der Waals surface area contributed by atoms with Crippen LogP contribution >= 0.6 is 0 Å². The van der Waals surface area contributed by atoms with E-state index in [1.807, 2.05) is 50.2 Å². The third-order valence-electron chi connectivity index (χ3n) is 4.96. The van der Waals surface area contributed by atoms with Gasteiger partial charge in [0.1, 0.15) is 0 Å². The maximum atomic E-state index is 13.1. The van der Waals surface area contributed by atoms with Gasteiger partial charge in [0.2, 0.25) is 0 Å². The number of hydrogen-bond donors (Lipinski definition) is 1. The minimum atomic E-state index is -0.962. The smallest absolute Gasteiger partial charge is 0.360 e. The number of ether oxygens (including phenoxy) is 3. The number of nitrogens with one attached hydrogen (secondary N) is 1. The lowest BCUT2D eigenvalue weighted by Gasteiger charge is -2.14. The number of esters is 1. The SMILES string of the molecule is COc1ccc(-c2cn(-c3ccccc3)nc2C(=O)OC(C)C(=O)NCC(C)C)cc1OC. The highest BCUT2D eigenvalue weighted by Crippen LogP contribution is 2.34. The normalized spacial score (nSPS) is 11.7. The topological polar surface area (TPSA) is 91.7 Å². The zero-order valence-corrected chi connectivity index (χ0v) is 19.5. The van der Waals surface area contributed by atoms with Crippen molar-refractivity contribution in [1.82, 2.24) is 15.1 Å². The Kier molecular flexibility index (Phi) is 7.71. The van der Waals surface area contributed by atoms with Gasteiger partial charge in [0.15, 0.2) is 23.3 Å². The molecule has 1 N–H and O–H groups in total. The molecule has 1 aromatic heterocycles. The van der Waals surface area contributed by atoms with Crippen molar-refractivity contribution in [2.75, 3.05) is 20.8 Å². The van der Waals surface area contributed by atoms with Crippen molar-refractivity contribution in [3.8, 4) is 28.3 Å². The van der Waals surface area contributed by atoms with Crippen LogP contribution in [0.5, 0.6) is 11.5 Å². The molecule has 3 aromatic rings. The van der Waals surface area contributed by atoms with E-state index in [1.54, 1.807) is 37.2 Å². The Morgan fingerprint density at radius 1 is 1.00 bits per heavy atom. The Labute approximate surface area is 193 Å². The van der Waals surface area contributed by atoms with Crippen LogP contribution in [0.3, 0.4) is 0 Å². The molecule has 0 saturated heterocycles. The molecule has 33 heavy (non-hydrogen) atoms. The molecule has 0 aliphatic rings. The number of benzene rings is 2. The monoisotopic (exact) mass is 451 g/mol. The van der Waals surface area contributed by atoms with Crippen molar-refractivity contribution < 1.29 is 23.8 Å². The number of nitrogens with zero attached hydrogens (tertiary/aromatic N) is 2. The first kappa shape index (κ1) is 23.8. The van der Waals surface area contributed by atoms with E-state index in [1.165, 1.54) is 6.92 Å². The van der Waals surface area contributed by atoms with E-state index in [9.17, 15) is 9.59 Å². The Hall–Kier alpha value is -3.81.